The molecule has 2 aromatic rings. The van der Waals surface area contributed by atoms with Gasteiger partial charge in [0.15, 0.2) is 5.76 Å². The number of carbonyl (C=O) groups excluding carboxylic acids is 1. The summed E-state index contributed by atoms with van der Waals surface area (Å²) in [4.78, 5) is 12.4. The molecule has 0 spiro atoms. The lowest BCUT2D eigenvalue weighted by Crippen LogP contribution is -2.28. The summed E-state index contributed by atoms with van der Waals surface area (Å²) in [5.74, 6) is -3.09. The third-order valence-corrected chi connectivity index (χ3v) is 4.02. The van der Waals surface area contributed by atoms with Crippen molar-refractivity contribution in [1.82, 2.24) is 0 Å². The smallest absolute Gasteiger partial charge is 0.319 e. The molecule has 2 atom stereocenters. The first-order valence-electron chi connectivity index (χ1n) is 8.68. The number of esters is 1. The van der Waals surface area contributed by atoms with Gasteiger partial charge in [-0.25, -0.2) is 0 Å². The van der Waals surface area contributed by atoms with Gasteiger partial charge in [0.1, 0.15) is 18.3 Å². The van der Waals surface area contributed by atoms with E-state index < -0.39 is 29.8 Å². The Morgan fingerprint density at radius 3 is 2.21 bits per heavy atom. The van der Waals surface area contributed by atoms with Crippen LogP contribution in [0.4, 0.5) is 8.78 Å². The molecule has 0 aromatic heterocycles. The summed E-state index contributed by atoms with van der Waals surface area (Å²) in [6.07, 6.45) is -3.78. The first kappa shape index (κ1) is 21.4. The number of methoxy groups -OCH3 is 1. The first-order valence-corrected chi connectivity index (χ1v) is 8.68. The maximum atomic E-state index is 13.7. The van der Waals surface area contributed by atoms with E-state index in [0.717, 1.165) is 0 Å². The summed E-state index contributed by atoms with van der Waals surface area (Å²) in [6.45, 7) is 1.35. The van der Waals surface area contributed by atoms with Crippen molar-refractivity contribution in [3.63, 3.8) is 0 Å². The molecule has 2 aromatic carbocycles. The van der Waals surface area contributed by atoms with Gasteiger partial charge in [0.2, 0.25) is 0 Å². The minimum absolute atomic E-state index is 0.0233. The molecule has 0 aliphatic heterocycles. The molecule has 150 valence electrons. The highest BCUT2D eigenvalue weighted by atomic mass is 19.3. The molecule has 0 heterocycles. The molecular formula is C21H22F2O5. The minimum atomic E-state index is -2.19. The van der Waals surface area contributed by atoms with Gasteiger partial charge < -0.3 is 19.3 Å². The van der Waals surface area contributed by atoms with Crippen LogP contribution >= 0.6 is 0 Å². The van der Waals surface area contributed by atoms with Crippen LogP contribution in [-0.4, -0.2) is 24.8 Å². The van der Waals surface area contributed by atoms with Crippen molar-refractivity contribution >= 4 is 5.97 Å². The first-order chi connectivity index (χ1) is 13.5. The van der Waals surface area contributed by atoms with Crippen LogP contribution in [0.3, 0.4) is 0 Å². The second kappa shape index (κ2) is 10.4. The number of hydrogen-bond donors (Lipinski definition) is 1. The highest BCUT2D eigenvalue weighted by Crippen LogP contribution is 2.34. The van der Waals surface area contributed by atoms with E-state index in [4.69, 9.17) is 14.2 Å². The standard InChI is InChI=1S/C21H22F2O5/c1-3-27-21(25)17(18(24)15-9-11-16(26-2)12-10-15)19(20(22)23)28-13-14-7-5-4-6-8-14/h4-12,17-18,24H,3,13H2,1-2H3/t17-,18+/m1/s1. The molecule has 0 saturated heterocycles. The van der Waals surface area contributed by atoms with Gasteiger partial charge in [-0.05, 0) is 30.2 Å². The zero-order valence-electron chi connectivity index (χ0n) is 15.6. The number of halogens is 2. The molecule has 0 aliphatic rings. The Morgan fingerprint density at radius 2 is 1.68 bits per heavy atom. The third-order valence-electron chi connectivity index (χ3n) is 4.02. The van der Waals surface area contributed by atoms with Crippen molar-refractivity contribution < 1.29 is 32.9 Å². The van der Waals surface area contributed by atoms with Gasteiger partial charge in [-0.3, -0.25) is 4.79 Å². The van der Waals surface area contributed by atoms with E-state index in [-0.39, 0.29) is 18.8 Å². The highest BCUT2D eigenvalue weighted by Gasteiger charge is 2.37. The predicted molar refractivity (Wildman–Crippen MR) is 98.5 cm³/mol. The van der Waals surface area contributed by atoms with E-state index >= 15 is 0 Å². The topological polar surface area (TPSA) is 65.0 Å². The Hall–Kier alpha value is -2.93. The van der Waals surface area contributed by atoms with Crippen LogP contribution in [0.2, 0.25) is 0 Å². The monoisotopic (exact) mass is 392 g/mol. The molecular weight excluding hydrogens is 370 g/mol. The summed E-state index contributed by atoms with van der Waals surface area (Å²) < 4.78 is 42.5. The molecule has 0 bridgehead atoms. The zero-order valence-corrected chi connectivity index (χ0v) is 15.6. The van der Waals surface area contributed by atoms with Crippen molar-refractivity contribution in [2.75, 3.05) is 13.7 Å². The fourth-order valence-electron chi connectivity index (χ4n) is 2.60. The molecule has 5 nitrogen and oxygen atoms in total. The van der Waals surface area contributed by atoms with Crippen LogP contribution < -0.4 is 4.74 Å². The minimum Gasteiger partial charge on any atom is -0.497 e. The van der Waals surface area contributed by atoms with Crippen LogP contribution in [0, 0.1) is 5.92 Å². The molecule has 0 saturated carbocycles. The third kappa shape index (κ3) is 5.53. The van der Waals surface area contributed by atoms with Gasteiger partial charge in [0.05, 0.1) is 19.8 Å². The molecule has 7 heteroatoms. The largest absolute Gasteiger partial charge is 0.497 e. The van der Waals surface area contributed by atoms with Crippen molar-refractivity contribution in [1.29, 1.82) is 0 Å². The second-order valence-corrected chi connectivity index (χ2v) is 5.85. The molecule has 0 unspecified atom stereocenters. The molecule has 2 rings (SSSR count). The molecule has 0 radical (unpaired) electrons. The lowest BCUT2D eigenvalue weighted by atomic mass is 9.94. The van der Waals surface area contributed by atoms with Gasteiger partial charge in [-0.1, -0.05) is 42.5 Å². The van der Waals surface area contributed by atoms with Gasteiger partial charge in [-0.2, -0.15) is 8.78 Å². The lowest BCUT2D eigenvalue weighted by Gasteiger charge is -2.24. The van der Waals surface area contributed by atoms with Crippen LogP contribution in [0.25, 0.3) is 0 Å². The summed E-state index contributed by atoms with van der Waals surface area (Å²) in [5.41, 5.74) is 0.892. The Labute approximate surface area is 162 Å². The van der Waals surface area contributed by atoms with Crippen LogP contribution in [0.15, 0.2) is 66.4 Å². The second-order valence-electron chi connectivity index (χ2n) is 5.85. The molecule has 1 N–H and O–H groups in total. The van der Waals surface area contributed by atoms with E-state index in [1.54, 1.807) is 49.4 Å². The van der Waals surface area contributed by atoms with Crippen molar-refractivity contribution in [3.8, 4) is 5.75 Å². The number of ether oxygens (including phenoxy) is 3. The fraction of sp³-hybridized carbons (Fsp3) is 0.286. The van der Waals surface area contributed by atoms with Crippen molar-refractivity contribution in [3.05, 3.63) is 77.6 Å². The fourth-order valence-corrected chi connectivity index (χ4v) is 2.60. The predicted octanol–water partition coefficient (Wildman–Crippen LogP) is 4.23. The zero-order chi connectivity index (χ0) is 20.5. The van der Waals surface area contributed by atoms with Crippen LogP contribution in [-0.2, 0) is 20.9 Å². The Morgan fingerprint density at radius 1 is 1.04 bits per heavy atom. The van der Waals surface area contributed by atoms with Crippen molar-refractivity contribution in [2.45, 2.75) is 19.6 Å². The summed E-state index contributed by atoms with van der Waals surface area (Å²) in [7, 11) is 1.48. The lowest BCUT2D eigenvalue weighted by molar-refractivity contribution is -0.152. The van der Waals surface area contributed by atoms with E-state index in [0.29, 0.717) is 11.3 Å². The Balaban J connectivity index is 2.32. The van der Waals surface area contributed by atoms with E-state index in [1.165, 1.54) is 19.2 Å². The van der Waals surface area contributed by atoms with Gasteiger partial charge >= 0.3 is 12.0 Å². The highest BCUT2D eigenvalue weighted by molar-refractivity contribution is 5.76. The van der Waals surface area contributed by atoms with E-state index in [1.807, 2.05) is 0 Å². The average Bonchev–Trinajstić information content (AvgIpc) is 2.71. The summed E-state index contributed by atoms with van der Waals surface area (Å²) in [5, 5.41) is 10.7. The number of aliphatic hydroxyl groups excluding tert-OH is 1. The number of carbonyl (C=O) groups is 1. The van der Waals surface area contributed by atoms with Crippen LogP contribution in [0.1, 0.15) is 24.2 Å². The maximum Gasteiger partial charge on any atom is 0.319 e. The maximum absolute atomic E-state index is 13.7. The normalized spacial score (nSPS) is 12.6. The number of benzene rings is 2. The van der Waals surface area contributed by atoms with E-state index in [9.17, 15) is 18.7 Å². The van der Waals surface area contributed by atoms with Gasteiger partial charge in [-0.15, -0.1) is 0 Å². The van der Waals surface area contributed by atoms with Crippen molar-refractivity contribution in [2.24, 2.45) is 5.92 Å². The SMILES string of the molecule is CCOC(=O)[C@@H](C(OCc1ccccc1)=C(F)F)[C@@H](O)c1ccc(OC)cc1. The summed E-state index contributed by atoms with van der Waals surface area (Å²) in [6, 6.07) is 14.7. The molecule has 28 heavy (non-hydrogen) atoms. The summed E-state index contributed by atoms with van der Waals surface area (Å²) >= 11 is 0. The van der Waals surface area contributed by atoms with Gasteiger partial charge in [0.25, 0.3) is 0 Å². The van der Waals surface area contributed by atoms with Gasteiger partial charge in [0, 0.05) is 0 Å². The van der Waals surface area contributed by atoms with Crippen LogP contribution in [0.5, 0.6) is 5.75 Å². The molecule has 0 fully saturated rings. The number of hydrogen-bond acceptors (Lipinski definition) is 5. The quantitative estimate of drug-likeness (QED) is 0.511. The molecule has 0 amide bonds. The number of aliphatic hydroxyl groups is 1. The van der Waals surface area contributed by atoms with E-state index in [2.05, 4.69) is 0 Å². The Kier molecular flexibility index (Phi) is 7.95. The number of rotatable bonds is 9. The molecule has 0 aliphatic carbocycles. The Bertz CT molecular complexity index is 786. The average molecular weight is 392 g/mol.